The molecule has 2 rings (SSSR count). The Hall–Kier alpha value is -2.10. The molecule has 0 amide bonds. The van der Waals surface area contributed by atoms with Crippen LogP contribution in [-0.4, -0.2) is 15.6 Å². The predicted octanol–water partition coefficient (Wildman–Crippen LogP) is 1.74. The maximum Gasteiger partial charge on any atom is 0.170 e. The molecule has 2 aromatic rings. The lowest BCUT2D eigenvalue weighted by Gasteiger charge is -2.04. The number of nitrogen functional groups attached to an aromatic ring is 1. The molecule has 4 nitrogen and oxygen atoms in total. The van der Waals surface area contributed by atoms with Crippen LogP contribution >= 0.6 is 0 Å². The van der Waals surface area contributed by atoms with Gasteiger partial charge in [0.25, 0.3) is 0 Å². The molecule has 88 valence electrons. The number of ketones is 1. The lowest BCUT2D eigenvalue weighted by atomic mass is 10.0. The summed E-state index contributed by atoms with van der Waals surface area (Å²) in [5.41, 5.74) is 8.70. The molecule has 1 aromatic heterocycles. The number of rotatable bonds is 3. The predicted molar refractivity (Wildman–Crippen MR) is 66.8 cm³/mol. The van der Waals surface area contributed by atoms with E-state index in [0.29, 0.717) is 11.3 Å². The van der Waals surface area contributed by atoms with E-state index in [2.05, 4.69) is 5.10 Å². The third kappa shape index (κ3) is 2.53. The molecule has 4 heteroatoms. The van der Waals surface area contributed by atoms with Crippen LogP contribution in [0.5, 0.6) is 0 Å². The number of hydrogen-bond acceptors (Lipinski definition) is 3. The monoisotopic (exact) mass is 229 g/mol. The number of hydrogen-bond donors (Lipinski definition) is 1. The maximum absolute atomic E-state index is 12.1. The second-order valence-corrected chi connectivity index (χ2v) is 4.17. The van der Waals surface area contributed by atoms with Gasteiger partial charge in [0.15, 0.2) is 5.78 Å². The molecule has 0 aliphatic rings. The van der Waals surface area contributed by atoms with Crippen LogP contribution in [0.4, 0.5) is 5.69 Å². The Balaban J connectivity index is 2.22. The molecule has 0 saturated heterocycles. The topological polar surface area (TPSA) is 60.9 Å². The Bertz CT molecular complexity index is 558. The first-order valence-electron chi connectivity index (χ1n) is 5.44. The lowest BCUT2D eigenvalue weighted by molar-refractivity contribution is 0.0992. The van der Waals surface area contributed by atoms with Crippen molar-refractivity contribution in [1.82, 2.24) is 9.78 Å². The number of aryl methyl sites for hydroxylation is 2. The summed E-state index contributed by atoms with van der Waals surface area (Å²) in [5, 5.41) is 4.18. The summed E-state index contributed by atoms with van der Waals surface area (Å²) >= 11 is 0. The van der Waals surface area contributed by atoms with Crippen LogP contribution in [0.1, 0.15) is 21.6 Å². The van der Waals surface area contributed by atoms with Crippen molar-refractivity contribution < 1.29 is 4.79 Å². The van der Waals surface area contributed by atoms with Gasteiger partial charge < -0.3 is 5.73 Å². The van der Waals surface area contributed by atoms with Gasteiger partial charge in [0, 0.05) is 24.5 Å². The minimum absolute atomic E-state index is 0.00454. The van der Waals surface area contributed by atoms with Crippen LogP contribution < -0.4 is 5.73 Å². The van der Waals surface area contributed by atoms with Gasteiger partial charge in [-0.1, -0.05) is 11.6 Å². The standard InChI is InChI=1S/C13H15N3O/c1-9-3-4-12(14)11(7-9)13(17)8-10-5-6-16(2)15-10/h3-7H,8,14H2,1-2H3. The Morgan fingerprint density at radius 3 is 2.82 bits per heavy atom. The van der Waals surface area contributed by atoms with Crippen molar-refractivity contribution >= 4 is 11.5 Å². The van der Waals surface area contributed by atoms with Crippen LogP contribution in [-0.2, 0) is 13.5 Å². The second kappa shape index (κ2) is 4.41. The van der Waals surface area contributed by atoms with Crippen molar-refractivity contribution in [2.45, 2.75) is 13.3 Å². The fourth-order valence-corrected chi connectivity index (χ4v) is 1.73. The van der Waals surface area contributed by atoms with Gasteiger partial charge in [0.1, 0.15) is 0 Å². The summed E-state index contributed by atoms with van der Waals surface area (Å²) in [6, 6.07) is 7.32. The highest BCUT2D eigenvalue weighted by Gasteiger charge is 2.12. The van der Waals surface area contributed by atoms with Crippen molar-refractivity contribution in [3.05, 3.63) is 47.3 Å². The van der Waals surface area contributed by atoms with E-state index in [1.165, 1.54) is 0 Å². The fraction of sp³-hybridized carbons (Fsp3) is 0.231. The summed E-state index contributed by atoms with van der Waals surface area (Å²) in [6.45, 7) is 1.94. The van der Waals surface area contributed by atoms with E-state index in [0.717, 1.165) is 11.3 Å². The normalized spacial score (nSPS) is 10.5. The van der Waals surface area contributed by atoms with Crippen molar-refractivity contribution in [2.24, 2.45) is 7.05 Å². The number of Topliss-reactive ketones (excluding diaryl/α,β-unsaturated/α-hetero) is 1. The van der Waals surface area contributed by atoms with Gasteiger partial charge in [-0.15, -0.1) is 0 Å². The van der Waals surface area contributed by atoms with E-state index >= 15 is 0 Å². The highest BCUT2D eigenvalue weighted by molar-refractivity contribution is 6.01. The first kappa shape index (κ1) is 11.4. The van der Waals surface area contributed by atoms with Crippen molar-refractivity contribution in [2.75, 3.05) is 5.73 Å². The van der Waals surface area contributed by atoms with E-state index < -0.39 is 0 Å². The van der Waals surface area contributed by atoms with E-state index in [1.54, 1.807) is 10.7 Å². The molecule has 0 spiro atoms. The number of carbonyl (C=O) groups is 1. The van der Waals surface area contributed by atoms with Gasteiger partial charge >= 0.3 is 0 Å². The molecule has 0 aliphatic carbocycles. The minimum atomic E-state index is 0.00454. The molecule has 2 N–H and O–H groups in total. The summed E-state index contributed by atoms with van der Waals surface area (Å²) in [5.74, 6) is 0.00454. The van der Waals surface area contributed by atoms with Gasteiger partial charge in [-0.25, -0.2) is 0 Å². The molecule has 0 saturated carbocycles. The van der Waals surface area contributed by atoms with E-state index in [4.69, 9.17) is 5.73 Å². The van der Waals surface area contributed by atoms with Gasteiger partial charge in [0.2, 0.25) is 0 Å². The molecule has 1 aromatic carbocycles. The lowest BCUT2D eigenvalue weighted by Crippen LogP contribution is -2.08. The Labute approximate surface area is 100 Å². The van der Waals surface area contributed by atoms with Gasteiger partial charge in [0.05, 0.1) is 12.1 Å². The molecule has 0 unspecified atom stereocenters. The summed E-state index contributed by atoms with van der Waals surface area (Å²) in [4.78, 5) is 12.1. The summed E-state index contributed by atoms with van der Waals surface area (Å²) in [7, 11) is 1.83. The first-order chi connectivity index (χ1) is 8.06. The number of benzene rings is 1. The smallest absolute Gasteiger partial charge is 0.170 e. The average Bonchev–Trinajstić information content (AvgIpc) is 2.67. The molecular weight excluding hydrogens is 214 g/mol. The number of aromatic nitrogens is 2. The number of nitrogens with zero attached hydrogens (tertiary/aromatic N) is 2. The molecule has 0 aliphatic heterocycles. The molecule has 0 radical (unpaired) electrons. The van der Waals surface area contributed by atoms with Crippen LogP contribution in [0.2, 0.25) is 0 Å². The van der Waals surface area contributed by atoms with Crippen LogP contribution in [0.25, 0.3) is 0 Å². The zero-order valence-corrected chi connectivity index (χ0v) is 9.97. The van der Waals surface area contributed by atoms with Crippen molar-refractivity contribution in [1.29, 1.82) is 0 Å². The van der Waals surface area contributed by atoms with Gasteiger partial charge in [-0.3, -0.25) is 9.48 Å². The van der Waals surface area contributed by atoms with E-state index in [1.807, 2.05) is 38.4 Å². The average molecular weight is 229 g/mol. The Morgan fingerprint density at radius 2 is 2.18 bits per heavy atom. The highest BCUT2D eigenvalue weighted by atomic mass is 16.1. The zero-order chi connectivity index (χ0) is 12.4. The maximum atomic E-state index is 12.1. The highest BCUT2D eigenvalue weighted by Crippen LogP contribution is 2.16. The second-order valence-electron chi connectivity index (χ2n) is 4.17. The molecular formula is C13H15N3O. The van der Waals surface area contributed by atoms with E-state index in [9.17, 15) is 4.79 Å². The van der Waals surface area contributed by atoms with Crippen LogP contribution in [0.15, 0.2) is 30.5 Å². The molecule has 17 heavy (non-hydrogen) atoms. The number of carbonyl (C=O) groups excluding carboxylic acids is 1. The van der Waals surface area contributed by atoms with Gasteiger partial charge in [-0.05, 0) is 25.1 Å². The Morgan fingerprint density at radius 1 is 1.41 bits per heavy atom. The largest absolute Gasteiger partial charge is 0.398 e. The molecule has 0 atom stereocenters. The van der Waals surface area contributed by atoms with Crippen LogP contribution in [0.3, 0.4) is 0 Å². The first-order valence-corrected chi connectivity index (χ1v) is 5.44. The van der Waals surface area contributed by atoms with Crippen molar-refractivity contribution in [3.8, 4) is 0 Å². The van der Waals surface area contributed by atoms with Crippen molar-refractivity contribution in [3.63, 3.8) is 0 Å². The van der Waals surface area contributed by atoms with Gasteiger partial charge in [-0.2, -0.15) is 5.10 Å². The number of nitrogens with two attached hydrogens (primary N) is 1. The third-order valence-corrected chi connectivity index (χ3v) is 2.62. The minimum Gasteiger partial charge on any atom is -0.398 e. The van der Waals surface area contributed by atoms with Crippen LogP contribution in [0, 0.1) is 6.92 Å². The quantitative estimate of drug-likeness (QED) is 0.644. The molecule has 0 fully saturated rings. The zero-order valence-electron chi connectivity index (χ0n) is 9.97. The summed E-state index contributed by atoms with van der Waals surface area (Å²) < 4.78 is 1.68. The molecule has 1 heterocycles. The Kier molecular flexibility index (Phi) is 2.95. The van der Waals surface area contributed by atoms with E-state index in [-0.39, 0.29) is 12.2 Å². The fourth-order valence-electron chi connectivity index (χ4n) is 1.73. The number of anilines is 1. The molecule has 0 bridgehead atoms. The summed E-state index contributed by atoms with van der Waals surface area (Å²) in [6.07, 6.45) is 2.11. The third-order valence-electron chi connectivity index (χ3n) is 2.62. The SMILES string of the molecule is Cc1ccc(N)c(C(=O)Cc2ccn(C)n2)c1.